The number of likely N-dealkylation sites (N-methyl/N-ethyl adjacent to an activating group) is 1. The topological polar surface area (TPSA) is 29.9 Å². The van der Waals surface area contributed by atoms with Crippen LogP contribution >= 0.6 is 0 Å². The molecule has 0 bridgehead atoms. The van der Waals surface area contributed by atoms with Crippen LogP contribution in [0, 0.1) is 5.92 Å². The van der Waals surface area contributed by atoms with Crippen molar-refractivity contribution in [2.75, 3.05) is 7.05 Å². The van der Waals surface area contributed by atoms with Crippen LogP contribution in [-0.4, -0.2) is 28.8 Å². The van der Waals surface area contributed by atoms with Gasteiger partial charge in [-0.15, -0.1) is 0 Å². The number of rotatable bonds is 5. The minimum atomic E-state index is -2.45. The van der Waals surface area contributed by atoms with E-state index < -0.39 is 5.92 Å². The summed E-state index contributed by atoms with van der Waals surface area (Å²) in [6.07, 6.45) is 3.06. The maximum Gasteiger partial charge on any atom is 0.248 e. The van der Waals surface area contributed by atoms with Crippen molar-refractivity contribution in [3.8, 4) is 0 Å². The summed E-state index contributed by atoms with van der Waals surface area (Å²) in [6.45, 7) is 2.09. The van der Waals surface area contributed by atoms with E-state index in [1.54, 1.807) is 0 Å². The second-order valence-electron chi connectivity index (χ2n) is 5.90. The molecule has 1 atom stereocenters. The van der Waals surface area contributed by atoms with E-state index in [-0.39, 0.29) is 18.9 Å². The van der Waals surface area contributed by atoms with Gasteiger partial charge in [-0.3, -0.25) is 4.68 Å². The summed E-state index contributed by atoms with van der Waals surface area (Å²) >= 11 is 0. The number of nitrogens with one attached hydrogen (secondary N) is 1. The maximum atomic E-state index is 13.3. The lowest BCUT2D eigenvalue weighted by molar-refractivity contribution is -0.0493. The lowest BCUT2D eigenvalue weighted by Crippen LogP contribution is -2.40. The van der Waals surface area contributed by atoms with E-state index in [4.69, 9.17) is 0 Å². The molecule has 1 aromatic rings. The third kappa shape index (κ3) is 3.57. The molecule has 1 aliphatic carbocycles. The highest BCUT2D eigenvalue weighted by atomic mass is 19.3. The van der Waals surface area contributed by atoms with Crippen LogP contribution in [0.3, 0.4) is 0 Å². The first-order valence-electron chi connectivity index (χ1n) is 7.52. The number of aromatic nitrogens is 2. The highest BCUT2D eigenvalue weighted by Gasteiger charge is 2.37. The SMILES string of the molecule is CCc1cc(CC(NC)C2CCC(F)(F)CC2)n(C)n1. The number of aryl methyl sites for hydroxylation is 2. The summed E-state index contributed by atoms with van der Waals surface area (Å²) < 4.78 is 28.4. The van der Waals surface area contributed by atoms with Gasteiger partial charge in [0.15, 0.2) is 0 Å². The quantitative estimate of drug-likeness (QED) is 0.901. The maximum absolute atomic E-state index is 13.3. The largest absolute Gasteiger partial charge is 0.316 e. The Morgan fingerprint density at radius 3 is 2.60 bits per heavy atom. The smallest absolute Gasteiger partial charge is 0.248 e. The van der Waals surface area contributed by atoms with Crippen LogP contribution in [0.25, 0.3) is 0 Å². The Balaban J connectivity index is 2.00. The fraction of sp³-hybridized carbons (Fsp3) is 0.800. The number of nitrogens with zero attached hydrogens (tertiary/aromatic N) is 2. The zero-order valence-electron chi connectivity index (χ0n) is 12.6. The van der Waals surface area contributed by atoms with Gasteiger partial charge in [-0.1, -0.05) is 6.92 Å². The second kappa shape index (κ2) is 6.20. The van der Waals surface area contributed by atoms with Gasteiger partial charge in [-0.2, -0.15) is 5.10 Å². The molecule has 1 saturated carbocycles. The van der Waals surface area contributed by atoms with Gasteiger partial charge in [0.25, 0.3) is 0 Å². The van der Waals surface area contributed by atoms with E-state index in [9.17, 15) is 8.78 Å². The van der Waals surface area contributed by atoms with E-state index in [0.29, 0.717) is 18.8 Å². The lowest BCUT2D eigenvalue weighted by atomic mass is 9.80. The van der Waals surface area contributed by atoms with Crippen molar-refractivity contribution < 1.29 is 8.78 Å². The molecular formula is C15H25F2N3. The van der Waals surface area contributed by atoms with Gasteiger partial charge in [0.2, 0.25) is 5.92 Å². The normalized spacial score (nSPS) is 21.1. The van der Waals surface area contributed by atoms with Crippen LogP contribution < -0.4 is 5.32 Å². The van der Waals surface area contributed by atoms with Gasteiger partial charge in [-0.05, 0) is 38.3 Å². The van der Waals surface area contributed by atoms with E-state index >= 15 is 0 Å². The summed E-state index contributed by atoms with van der Waals surface area (Å²) in [5.41, 5.74) is 2.27. The third-order valence-corrected chi connectivity index (χ3v) is 4.52. The monoisotopic (exact) mass is 285 g/mol. The standard InChI is InChI=1S/C15H25F2N3/c1-4-12-9-13(20(3)19-12)10-14(18-2)11-5-7-15(16,17)8-6-11/h9,11,14,18H,4-8,10H2,1-3H3. The Bertz CT molecular complexity index is 432. The van der Waals surface area contributed by atoms with E-state index in [2.05, 4.69) is 23.4 Å². The molecule has 0 aromatic carbocycles. The van der Waals surface area contributed by atoms with Gasteiger partial charge in [-0.25, -0.2) is 8.78 Å². The first kappa shape index (κ1) is 15.4. The molecule has 1 N–H and O–H groups in total. The van der Waals surface area contributed by atoms with Crippen LogP contribution in [0.4, 0.5) is 8.78 Å². The van der Waals surface area contributed by atoms with Gasteiger partial charge in [0, 0.05) is 38.0 Å². The number of halogens is 2. The molecule has 0 amide bonds. The first-order valence-corrected chi connectivity index (χ1v) is 7.52. The summed E-state index contributed by atoms with van der Waals surface area (Å²) in [7, 11) is 3.88. The molecule has 0 spiro atoms. The molecule has 0 radical (unpaired) electrons. The highest BCUT2D eigenvalue weighted by molar-refractivity contribution is 5.12. The molecule has 5 heteroatoms. The first-order chi connectivity index (χ1) is 9.45. The van der Waals surface area contributed by atoms with Crippen molar-refractivity contribution in [3.05, 3.63) is 17.5 Å². The van der Waals surface area contributed by atoms with Crippen LogP contribution in [-0.2, 0) is 19.9 Å². The predicted octanol–water partition coefficient (Wildman–Crippen LogP) is 2.94. The van der Waals surface area contributed by atoms with E-state index in [0.717, 1.165) is 18.5 Å². The lowest BCUT2D eigenvalue weighted by Gasteiger charge is -2.33. The molecule has 0 saturated heterocycles. The molecule has 114 valence electrons. The molecule has 1 aromatic heterocycles. The fourth-order valence-corrected chi connectivity index (χ4v) is 3.13. The predicted molar refractivity (Wildman–Crippen MR) is 76.0 cm³/mol. The van der Waals surface area contributed by atoms with Crippen molar-refractivity contribution in [2.24, 2.45) is 13.0 Å². The van der Waals surface area contributed by atoms with Gasteiger partial charge < -0.3 is 5.32 Å². The Morgan fingerprint density at radius 2 is 2.10 bits per heavy atom. The van der Waals surface area contributed by atoms with Crippen LogP contribution in [0.5, 0.6) is 0 Å². The molecule has 20 heavy (non-hydrogen) atoms. The Hall–Kier alpha value is -0.970. The summed E-state index contributed by atoms with van der Waals surface area (Å²) in [6, 6.07) is 2.38. The molecule has 0 aliphatic heterocycles. The third-order valence-electron chi connectivity index (χ3n) is 4.52. The average Bonchev–Trinajstić information content (AvgIpc) is 2.77. The summed E-state index contributed by atoms with van der Waals surface area (Å²) in [4.78, 5) is 0. The van der Waals surface area contributed by atoms with Crippen molar-refractivity contribution >= 4 is 0 Å². The van der Waals surface area contributed by atoms with Crippen LogP contribution in [0.15, 0.2) is 6.07 Å². The molecule has 1 fully saturated rings. The minimum Gasteiger partial charge on any atom is -0.316 e. The van der Waals surface area contributed by atoms with Crippen molar-refractivity contribution in [1.29, 1.82) is 0 Å². The Morgan fingerprint density at radius 1 is 1.45 bits per heavy atom. The molecule has 1 unspecified atom stereocenters. The fourth-order valence-electron chi connectivity index (χ4n) is 3.13. The van der Waals surface area contributed by atoms with Crippen LogP contribution in [0.1, 0.15) is 44.0 Å². The zero-order chi connectivity index (χ0) is 14.8. The molecule has 1 aliphatic rings. The van der Waals surface area contributed by atoms with Crippen molar-refractivity contribution in [3.63, 3.8) is 0 Å². The molecular weight excluding hydrogens is 260 g/mol. The molecule has 1 heterocycles. The number of hydrogen-bond donors (Lipinski definition) is 1. The average molecular weight is 285 g/mol. The molecule has 3 nitrogen and oxygen atoms in total. The van der Waals surface area contributed by atoms with Gasteiger partial charge >= 0.3 is 0 Å². The zero-order valence-corrected chi connectivity index (χ0v) is 12.6. The summed E-state index contributed by atoms with van der Waals surface area (Å²) in [5.74, 6) is -2.11. The Labute approximate surface area is 119 Å². The van der Waals surface area contributed by atoms with Crippen molar-refractivity contribution in [2.45, 2.75) is 57.4 Å². The Kier molecular flexibility index (Phi) is 4.78. The van der Waals surface area contributed by atoms with Gasteiger partial charge in [0.1, 0.15) is 0 Å². The highest BCUT2D eigenvalue weighted by Crippen LogP contribution is 2.37. The minimum absolute atomic E-state index is 0.0292. The van der Waals surface area contributed by atoms with Crippen LogP contribution in [0.2, 0.25) is 0 Å². The summed E-state index contributed by atoms with van der Waals surface area (Å²) in [5, 5.41) is 7.77. The van der Waals surface area contributed by atoms with E-state index in [1.165, 1.54) is 5.69 Å². The van der Waals surface area contributed by atoms with Gasteiger partial charge in [0.05, 0.1) is 5.69 Å². The van der Waals surface area contributed by atoms with E-state index in [1.807, 2.05) is 18.8 Å². The second-order valence-corrected chi connectivity index (χ2v) is 5.90. The number of alkyl halides is 2. The number of hydrogen-bond acceptors (Lipinski definition) is 2. The van der Waals surface area contributed by atoms with Crippen molar-refractivity contribution in [1.82, 2.24) is 15.1 Å². The molecule has 2 rings (SSSR count).